The summed E-state index contributed by atoms with van der Waals surface area (Å²) in [6.45, 7) is 4.06. The van der Waals surface area contributed by atoms with Crippen LogP contribution in [-0.4, -0.2) is 50.7 Å². The summed E-state index contributed by atoms with van der Waals surface area (Å²) in [6, 6.07) is 5.53. The van der Waals surface area contributed by atoms with Crippen LogP contribution in [0, 0.1) is 5.92 Å². The van der Waals surface area contributed by atoms with Crippen LogP contribution in [0.25, 0.3) is 0 Å². The maximum Gasteiger partial charge on any atom is 0.253 e. The van der Waals surface area contributed by atoms with Crippen LogP contribution in [0.1, 0.15) is 36.0 Å². The van der Waals surface area contributed by atoms with E-state index < -0.39 is 0 Å². The maximum absolute atomic E-state index is 12.7. The van der Waals surface area contributed by atoms with Crippen molar-refractivity contribution in [2.75, 3.05) is 39.9 Å². The number of carbonyl (C=O) groups is 1. The van der Waals surface area contributed by atoms with Crippen molar-refractivity contribution in [3.05, 3.63) is 23.8 Å². The molecular weight excluding hydrogens is 292 g/mol. The molecule has 0 unspecified atom stereocenters. The molecule has 0 spiro atoms. The molecule has 1 amide bonds. The highest BCUT2D eigenvalue weighted by atomic mass is 16.5. The van der Waals surface area contributed by atoms with Gasteiger partial charge >= 0.3 is 0 Å². The van der Waals surface area contributed by atoms with Gasteiger partial charge in [0.1, 0.15) is 0 Å². The van der Waals surface area contributed by atoms with Gasteiger partial charge in [-0.15, -0.1) is 0 Å². The van der Waals surface area contributed by atoms with Crippen molar-refractivity contribution < 1.29 is 14.3 Å². The Morgan fingerprint density at radius 2 is 1.96 bits per heavy atom. The van der Waals surface area contributed by atoms with Crippen LogP contribution in [0.2, 0.25) is 0 Å². The number of rotatable bonds is 4. The Kier molecular flexibility index (Phi) is 5.39. The van der Waals surface area contributed by atoms with Crippen molar-refractivity contribution >= 4 is 5.91 Å². The fourth-order valence-corrected chi connectivity index (χ4v) is 3.25. The van der Waals surface area contributed by atoms with Crippen LogP contribution < -0.4 is 14.8 Å². The number of hydrogen-bond acceptors (Lipinski definition) is 4. The van der Waals surface area contributed by atoms with E-state index in [4.69, 9.17) is 9.47 Å². The Morgan fingerprint density at radius 3 is 2.70 bits per heavy atom. The Morgan fingerprint density at radius 1 is 1.22 bits per heavy atom. The first-order valence-corrected chi connectivity index (χ1v) is 8.61. The first kappa shape index (κ1) is 16.1. The second-order valence-corrected chi connectivity index (χ2v) is 6.34. The van der Waals surface area contributed by atoms with Crippen molar-refractivity contribution in [2.24, 2.45) is 5.92 Å². The molecule has 5 heteroatoms. The van der Waals surface area contributed by atoms with E-state index in [1.165, 1.54) is 6.42 Å². The van der Waals surface area contributed by atoms with E-state index >= 15 is 0 Å². The van der Waals surface area contributed by atoms with Gasteiger partial charge in [0, 0.05) is 25.1 Å². The van der Waals surface area contributed by atoms with E-state index in [-0.39, 0.29) is 5.91 Å². The van der Waals surface area contributed by atoms with Gasteiger partial charge in [0.05, 0.1) is 13.2 Å². The average molecular weight is 318 g/mol. The van der Waals surface area contributed by atoms with E-state index in [1.807, 2.05) is 30.1 Å². The maximum atomic E-state index is 12.7. The van der Waals surface area contributed by atoms with Crippen LogP contribution in [0.5, 0.6) is 11.5 Å². The van der Waals surface area contributed by atoms with Crippen LogP contribution >= 0.6 is 0 Å². The van der Waals surface area contributed by atoms with E-state index in [9.17, 15) is 4.79 Å². The van der Waals surface area contributed by atoms with E-state index in [1.54, 1.807) is 0 Å². The Bertz CT molecular complexity index is 539. The number of fused-ring (bicyclic) bond motifs is 1. The lowest BCUT2D eigenvalue weighted by molar-refractivity contribution is 0.0686. The zero-order valence-electron chi connectivity index (χ0n) is 13.8. The van der Waals surface area contributed by atoms with Gasteiger partial charge in [0.25, 0.3) is 5.91 Å². The number of benzene rings is 1. The third kappa shape index (κ3) is 3.96. The number of nitrogens with one attached hydrogen (secondary N) is 1. The molecule has 0 atom stereocenters. The van der Waals surface area contributed by atoms with Gasteiger partial charge < -0.3 is 19.7 Å². The van der Waals surface area contributed by atoms with E-state index in [0.29, 0.717) is 24.5 Å². The average Bonchev–Trinajstić information content (AvgIpc) is 2.84. The van der Waals surface area contributed by atoms with E-state index in [0.717, 1.165) is 50.6 Å². The third-order valence-corrected chi connectivity index (χ3v) is 4.70. The zero-order chi connectivity index (χ0) is 16.1. The van der Waals surface area contributed by atoms with Crippen molar-refractivity contribution in [1.29, 1.82) is 0 Å². The van der Waals surface area contributed by atoms with Gasteiger partial charge in [-0.05, 0) is 57.0 Å². The predicted molar refractivity (Wildman–Crippen MR) is 89.2 cm³/mol. The highest BCUT2D eigenvalue weighted by Crippen LogP contribution is 2.31. The molecule has 0 saturated carbocycles. The molecule has 0 aromatic heterocycles. The topological polar surface area (TPSA) is 50.8 Å². The second-order valence-electron chi connectivity index (χ2n) is 6.34. The molecule has 1 N–H and O–H groups in total. The number of amides is 1. The molecule has 23 heavy (non-hydrogen) atoms. The first-order valence-electron chi connectivity index (χ1n) is 8.61. The monoisotopic (exact) mass is 318 g/mol. The minimum absolute atomic E-state index is 0.104. The summed E-state index contributed by atoms with van der Waals surface area (Å²) in [5, 5.41) is 3.20. The molecule has 0 bridgehead atoms. The summed E-state index contributed by atoms with van der Waals surface area (Å²) in [5.74, 6) is 2.27. The molecule has 1 aromatic carbocycles. The van der Waals surface area contributed by atoms with E-state index in [2.05, 4.69) is 5.32 Å². The lowest BCUT2D eigenvalue weighted by Crippen LogP contribution is -2.38. The quantitative estimate of drug-likeness (QED) is 0.925. The van der Waals surface area contributed by atoms with Crippen molar-refractivity contribution in [2.45, 2.75) is 25.7 Å². The number of piperidine rings is 1. The summed E-state index contributed by atoms with van der Waals surface area (Å²) < 4.78 is 11.3. The Balaban J connectivity index is 1.61. The number of nitrogens with zero attached hydrogens (tertiary/aromatic N) is 1. The van der Waals surface area contributed by atoms with Crippen LogP contribution in [0.3, 0.4) is 0 Å². The molecule has 5 nitrogen and oxygen atoms in total. The van der Waals surface area contributed by atoms with Crippen molar-refractivity contribution in [3.8, 4) is 11.5 Å². The van der Waals surface area contributed by atoms with Crippen LogP contribution in [0.4, 0.5) is 0 Å². The summed E-state index contributed by atoms with van der Waals surface area (Å²) in [6.07, 6.45) is 4.26. The number of carbonyl (C=O) groups excluding carboxylic acids is 1. The minimum Gasteiger partial charge on any atom is -0.490 e. The van der Waals surface area contributed by atoms with Gasteiger partial charge in [0.2, 0.25) is 0 Å². The van der Waals surface area contributed by atoms with Gasteiger partial charge in [-0.1, -0.05) is 0 Å². The van der Waals surface area contributed by atoms with Crippen molar-refractivity contribution in [1.82, 2.24) is 10.2 Å². The Hall–Kier alpha value is -1.75. The molecule has 1 saturated heterocycles. The lowest BCUT2D eigenvalue weighted by Gasteiger charge is -2.32. The van der Waals surface area contributed by atoms with Crippen molar-refractivity contribution in [3.63, 3.8) is 0 Å². The summed E-state index contributed by atoms with van der Waals surface area (Å²) in [4.78, 5) is 14.7. The van der Waals surface area contributed by atoms with Crippen LogP contribution in [-0.2, 0) is 0 Å². The SMILES string of the molecule is CNCCC1CCN(C(=O)c2ccc3c(c2)OCCCO3)CC1. The fraction of sp³-hybridized carbons (Fsp3) is 0.611. The largest absolute Gasteiger partial charge is 0.490 e. The molecule has 2 aliphatic rings. The number of hydrogen-bond donors (Lipinski definition) is 1. The van der Waals surface area contributed by atoms with Gasteiger partial charge in [-0.25, -0.2) is 0 Å². The zero-order valence-corrected chi connectivity index (χ0v) is 13.8. The molecule has 2 heterocycles. The molecule has 1 fully saturated rings. The molecule has 126 valence electrons. The highest BCUT2D eigenvalue weighted by molar-refractivity contribution is 5.95. The van der Waals surface area contributed by atoms with Gasteiger partial charge in [-0.3, -0.25) is 4.79 Å². The molecule has 1 aromatic rings. The standard InChI is InChI=1S/C18H26N2O3/c1-19-8-5-14-6-9-20(10-7-14)18(21)15-3-4-16-17(13-15)23-12-2-11-22-16/h3-4,13-14,19H,2,5-12H2,1H3. The summed E-state index contributed by atoms with van der Waals surface area (Å²) >= 11 is 0. The second kappa shape index (κ2) is 7.68. The van der Waals surface area contributed by atoms with Crippen LogP contribution in [0.15, 0.2) is 18.2 Å². The lowest BCUT2D eigenvalue weighted by atomic mass is 9.93. The smallest absolute Gasteiger partial charge is 0.253 e. The first-order chi connectivity index (χ1) is 11.3. The molecular formula is C18H26N2O3. The van der Waals surface area contributed by atoms with Gasteiger partial charge in [0.15, 0.2) is 11.5 Å². The van der Waals surface area contributed by atoms with Gasteiger partial charge in [-0.2, -0.15) is 0 Å². The fourth-order valence-electron chi connectivity index (χ4n) is 3.25. The number of ether oxygens (including phenoxy) is 2. The number of likely N-dealkylation sites (tertiary alicyclic amines) is 1. The highest BCUT2D eigenvalue weighted by Gasteiger charge is 2.24. The molecule has 0 aliphatic carbocycles. The third-order valence-electron chi connectivity index (χ3n) is 4.70. The summed E-state index contributed by atoms with van der Waals surface area (Å²) in [5.41, 5.74) is 0.697. The molecule has 2 aliphatic heterocycles. The normalized spacial score (nSPS) is 18.6. The molecule has 3 rings (SSSR count). The summed E-state index contributed by atoms with van der Waals surface area (Å²) in [7, 11) is 1.99. The molecule has 0 radical (unpaired) electrons. The Labute approximate surface area is 137 Å². The minimum atomic E-state index is 0.104. The predicted octanol–water partition coefficient (Wildman–Crippen LogP) is 2.31.